The molecule has 4 heteroatoms. The van der Waals surface area contributed by atoms with Gasteiger partial charge in [0.05, 0.1) is 5.69 Å². The van der Waals surface area contributed by atoms with Crippen LogP contribution in [0.3, 0.4) is 0 Å². The van der Waals surface area contributed by atoms with Gasteiger partial charge in [-0.05, 0) is 28.0 Å². The molecule has 0 atom stereocenters. The van der Waals surface area contributed by atoms with Crippen LogP contribution in [0.1, 0.15) is 15.2 Å². The third-order valence-electron chi connectivity index (χ3n) is 6.12. The predicted octanol–water partition coefficient (Wildman–Crippen LogP) is 7.60. The van der Waals surface area contributed by atoms with Gasteiger partial charge in [-0.1, -0.05) is 97.1 Å². The number of nitrogen functional groups attached to an aromatic ring is 1. The molecule has 0 saturated heterocycles. The monoisotopic (exact) mass is 456 g/mol. The average molecular weight is 457 g/mol. The molecule has 0 amide bonds. The van der Waals surface area contributed by atoms with E-state index < -0.39 is 0 Å². The summed E-state index contributed by atoms with van der Waals surface area (Å²) >= 11 is 1.36. The van der Waals surface area contributed by atoms with Crippen molar-refractivity contribution in [3.63, 3.8) is 0 Å². The van der Waals surface area contributed by atoms with Crippen LogP contribution in [0.25, 0.3) is 43.2 Å². The smallest absolute Gasteiger partial charge is 0.205 e. The molecule has 4 aromatic carbocycles. The van der Waals surface area contributed by atoms with E-state index in [1.54, 1.807) is 0 Å². The third kappa shape index (κ3) is 3.36. The SMILES string of the molecule is Nc1c(C(=O)c2ccccc2)sc2ncc(-c3ccc4ccccc4c3)c(-c3ccccc3)c12. The van der Waals surface area contributed by atoms with Gasteiger partial charge < -0.3 is 5.73 Å². The number of rotatable bonds is 4. The number of aromatic nitrogens is 1. The van der Waals surface area contributed by atoms with Gasteiger partial charge in [0.25, 0.3) is 0 Å². The predicted molar refractivity (Wildman–Crippen MR) is 142 cm³/mol. The van der Waals surface area contributed by atoms with E-state index in [1.165, 1.54) is 16.7 Å². The number of pyridine rings is 1. The van der Waals surface area contributed by atoms with E-state index in [0.29, 0.717) is 16.1 Å². The fourth-order valence-electron chi connectivity index (χ4n) is 4.46. The Morgan fingerprint density at radius 2 is 1.41 bits per heavy atom. The average Bonchev–Trinajstić information content (AvgIpc) is 3.24. The maximum atomic E-state index is 13.3. The minimum atomic E-state index is -0.0765. The zero-order valence-electron chi connectivity index (χ0n) is 18.2. The van der Waals surface area contributed by atoms with Crippen molar-refractivity contribution >= 4 is 43.8 Å². The summed E-state index contributed by atoms with van der Waals surface area (Å²) in [5, 5.41) is 3.19. The van der Waals surface area contributed by atoms with Gasteiger partial charge in [0.2, 0.25) is 5.78 Å². The first-order chi connectivity index (χ1) is 16.7. The second-order valence-electron chi connectivity index (χ2n) is 8.19. The van der Waals surface area contributed by atoms with Crippen molar-refractivity contribution in [3.05, 3.63) is 120 Å². The molecule has 0 radical (unpaired) electrons. The standard InChI is InChI=1S/C30H20N2OS/c31-27-26-25(20-10-3-1-4-11-20)24(23-16-15-19-9-7-8-14-22(19)17-23)18-32-30(26)34-29(27)28(33)21-12-5-2-6-13-21/h1-18H,31H2. The first kappa shape index (κ1) is 20.3. The third-order valence-corrected chi connectivity index (χ3v) is 7.23. The van der Waals surface area contributed by atoms with Crippen molar-refractivity contribution in [2.45, 2.75) is 0 Å². The molecule has 0 fully saturated rings. The number of nitrogens with zero attached hydrogens (tertiary/aromatic N) is 1. The number of hydrogen-bond acceptors (Lipinski definition) is 4. The first-order valence-corrected chi connectivity index (χ1v) is 11.9. The van der Waals surface area contributed by atoms with Crippen LogP contribution in [-0.2, 0) is 0 Å². The Bertz CT molecular complexity index is 1670. The number of anilines is 1. The number of carbonyl (C=O) groups excluding carboxylic acids is 1. The molecule has 6 rings (SSSR count). The molecule has 2 aromatic heterocycles. The van der Waals surface area contributed by atoms with Gasteiger partial charge in [0.1, 0.15) is 9.71 Å². The van der Waals surface area contributed by atoms with Crippen molar-refractivity contribution < 1.29 is 4.79 Å². The fraction of sp³-hybridized carbons (Fsp3) is 0. The van der Waals surface area contributed by atoms with E-state index in [4.69, 9.17) is 10.7 Å². The zero-order valence-corrected chi connectivity index (χ0v) is 19.0. The minimum absolute atomic E-state index is 0.0765. The normalized spacial score (nSPS) is 11.2. The number of thiophene rings is 1. The van der Waals surface area contributed by atoms with E-state index in [0.717, 1.165) is 37.9 Å². The van der Waals surface area contributed by atoms with E-state index in [1.807, 2.05) is 66.9 Å². The number of carbonyl (C=O) groups is 1. The quantitative estimate of drug-likeness (QED) is 0.278. The van der Waals surface area contributed by atoms with E-state index >= 15 is 0 Å². The van der Waals surface area contributed by atoms with Crippen LogP contribution in [0.15, 0.2) is 109 Å². The molecule has 0 aliphatic heterocycles. The summed E-state index contributed by atoms with van der Waals surface area (Å²) in [6, 6.07) is 34.2. The molecule has 2 heterocycles. The number of ketones is 1. The van der Waals surface area contributed by atoms with Crippen molar-refractivity contribution in [2.24, 2.45) is 0 Å². The molecule has 0 aliphatic carbocycles. The maximum absolute atomic E-state index is 13.3. The second kappa shape index (κ2) is 8.25. The number of nitrogens with two attached hydrogens (primary N) is 1. The lowest BCUT2D eigenvalue weighted by atomic mass is 9.92. The van der Waals surface area contributed by atoms with E-state index in [-0.39, 0.29) is 5.78 Å². The first-order valence-electron chi connectivity index (χ1n) is 11.1. The number of hydrogen-bond donors (Lipinski definition) is 1. The topological polar surface area (TPSA) is 56.0 Å². The lowest BCUT2D eigenvalue weighted by Gasteiger charge is -2.13. The molecule has 0 aliphatic rings. The van der Waals surface area contributed by atoms with Gasteiger partial charge in [-0.3, -0.25) is 4.79 Å². The van der Waals surface area contributed by atoms with Crippen LogP contribution in [0, 0.1) is 0 Å². The Labute approximate surface area is 201 Å². The molecular weight excluding hydrogens is 436 g/mol. The molecule has 0 unspecified atom stereocenters. The van der Waals surface area contributed by atoms with Crippen LogP contribution in [0.2, 0.25) is 0 Å². The molecule has 34 heavy (non-hydrogen) atoms. The molecule has 2 N–H and O–H groups in total. The van der Waals surface area contributed by atoms with Crippen LogP contribution in [0.5, 0.6) is 0 Å². The number of benzene rings is 4. The van der Waals surface area contributed by atoms with Gasteiger partial charge in [-0.2, -0.15) is 0 Å². The Morgan fingerprint density at radius 3 is 2.18 bits per heavy atom. The lowest BCUT2D eigenvalue weighted by Crippen LogP contribution is -2.02. The Kier molecular flexibility index (Phi) is 4.93. The summed E-state index contributed by atoms with van der Waals surface area (Å²) in [6.45, 7) is 0. The van der Waals surface area contributed by atoms with Crippen LogP contribution >= 0.6 is 11.3 Å². The summed E-state index contributed by atoms with van der Waals surface area (Å²) < 4.78 is 0. The number of fused-ring (bicyclic) bond motifs is 2. The Balaban J connectivity index is 1.63. The van der Waals surface area contributed by atoms with Crippen LogP contribution < -0.4 is 5.73 Å². The summed E-state index contributed by atoms with van der Waals surface area (Å²) in [5.41, 5.74) is 11.9. The molecule has 3 nitrogen and oxygen atoms in total. The van der Waals surface area contributed by atoms with Gasteiger partial charge >= 0.3 is 0 Å². The van der Waals surface area contributed by atoms with Gasteiger partial charge in [0, 0.05) is 28.3 Å². The molecule has 6 aromatic rings. The minimum Gasteiger partial charge on any atom is -0.397 e. The highest BCUT2D eigenvalue weighted by Crippen LogP contribution is 2.44. The largest absolute Gasteiger partial charge is 0.397 e. The zero-order chi connectivity index (χ0) is 23.1. The summed E-state index contributed by atoms with van der Waals surface area (Å²) in [4.78, 5) is 19.3. The highest BCUT2D eigenvalue weighted by atomic mass is 32.1. The summed E-state index contributed by atoms with van der Waals surface area (Å²) in [6.07, 6.45) is 1.90. The molecule has 162 valence electrons. The fourth-order valence-corrected chi connectivity index (χ4v) is 5.49. The van der Waals surface area contributed by atoms with E-state index in [2.05, 4.69) is 42.5 Å². The van der Waals surface area contributed by atoms with Gasteiger partial charge in [-0.15, -0.1) is 11.3 Å². The Hall–Kier alpha value is -4.28. The molecular formula is C30H20N2OS. The van der Waals surface area contributed by atoms with Crippen molar-refractivity contribution in [2.75, 3.05) is 5.73 Å². The van der Waals surface area contributed by atoms with E-state index in [9.17, 15) is 4.79 Å². The maximum Gasteiger partial charge on any atom is 0.205 e. The van der Waals surface area contributed by atoms with Gasteiger partial charge in [-0.25, -0.2) is 4.98 Å². The summed E-state index contributed by atoms with van der Waals surface area (Å²) in [7, 11) is 0. The van der Waals surface area contributed by atoms with Crippen LogP contribution in [-0.4, -0.2) is 10.8 Å². The van der Waals surface area contributed by atoms with Crippen molar-refractivity contribution in [3.8, 4) is 22.3 Å². The highest BCUT2D eigenvalue weighted by Gasteiger charge is 2.23. The van der Waals surface area contributed by atoms with Crippen molar-refractivity contribution in [1.29, 1.82) is 0 Å². The Morgan fingerprint density at radius 1 is 0.735 bits per heavy atom. The van der Waals surface area contributed by atoms with Crippen molar-refractivity contribution in [1.82, 2.24) is 4.98 Å². The molecule has 0 bridgehead atoms. The highest BCUT2D eigenvalue weighted by molar-refractivity contribution is 7.21. The molecule has 0 spiro atoms. The van der Waals surface area contributed by atoms with Gasteiger partial charge in [0.15, 0.2) is 0 Å². The van der Waals surface area contributed by atoms with Crippen LogP contribution in [0.4, 0.5) is 5.69 Å². The second-order valence-corrected chi connectivity index (χ2v) is 9.19. The summed E-state index contributed by atoms with van der Waals surface area (Å²) in [5.74, 6) is -0.0765. The lowest BCUT2D eigenvalue weighted by molar-refractivity contribution is 0.104. The molecule has 0 saturated carbocycles.